The van der Waals surface area contributed by atoms with Crippen molar-refractivity contribution in [2.75, 3.05) is 20.1 Å². The fraction of sp³-hybridized carbons (Fsp3) is 0.636. The van der Waals surface area contributed by atoms with Crippen molar-refractivity contribution >= 4 is 5.91 Å². The number of hydrogen-bond acceptors (Lipinski definition) is 3. The van der Waals surface area contributed by atoms with Gasteiger partial charge in [0, 0.05) is 19.1 Å². The highest BCUT2D eigenvalue weighted by Gasteiger charge is 2.27. The van der Waals surface area contributed by atoms with Gasteiger partial charge in [0.1, 0.15) is 5.69 Å². The lowest BCUT2D eigenvalue weighted by atomic mass is 10.0. The molecule has 2 N–H and O–H groups in total. The van der Waals surface area contributed by atoms with Gasteiger partial charge in [-0.2, -0.15) is 0 Å². The summed E-state index contributed by atoms with van der Waals surface area (Å²) in [4.78, 5) is 20.9. The summed E-state index contributed by atoms with van der Waals surface area (Å²) in [5, 5.41) is 3.15. The topological polar surface area (TPSA) is 61.0 Å². The molecule has 2 rings (SSSR count). The standard InChI is InChI=1S/C11H18N4O/c1-12-6-9-4-2-3-5-15(9)11(16)10-7-13-8-14-10/h7-9,12H,2-6H2,1H3,(H,13,14). The number of carbonyl (C=O) groups excluding carboxylic acids is 1. The first-order valence-electron chi connectivity index (χ1n) is 5.77. The van der Waals surface area contributed by atoms with Gasteiger partial charge < -0.3 is 15.2 Å². The third-order valence-electron chi connectivity index (χ3n) is 3.06. The summed E-state index contributed by atoms with van der Waals surface area (Å²) in [7, 11) is 1.92. The number of carbonyl (C=O) groups is 1. The van der Waals surface area contributed by atoms with Crippen LogP contribution in [0.25, 0.3) is 0 Å². The van der Waals surface area contributed by atoms with Crippen LogP contribution in [-0.4, -0.2) is 47.0 Å². The van der Waals surface area contributed by atoms with Crippen LogP contribution in [0.4, 0.5) is 0 Å². The lowest BCUT2D eigenvalue weighted by Gasteiger charge is -2.35. The van der Waals surface area contributed by atoms with Crippen molar-refractivity contribution in [3.05, 3.63) is 18.2 Å². The number of nitrogens with one attached hydrogen (secondary N) is 2. The van der Waals surface area contributed by atoms with E-state index in [4.69, 9.17) is 0 Å². The Bertz CT molecular complexity index is 334. The zero-order valence-electron chi connectivity index (χ0n) is 9.57. The van der Waals surface area contributed by atoms with Gasteiger partial charge >= 0.3 is 0 Å². The number of aromatic amines is 1. The lowest BCUT2D eigenvalue weighted by molar-refractivity contribution is 0.0609. The van der Waals surface area contributed by atoms with Crippen LogP contribution in [0.3, 0.4) is 0 Å². The summed E-state index contributed by atoms with van der Waals surface area (Å²) in [5.74, 6) is 0.0671. The van der Waals surface area contributed by atoms with Gasteiger partial charge in [0.25, 0.3) is 5.91 Å². The summed E-state index contributed by atoms with van der Waals surface area (Å²) in [6.45, 7) is 1.71. The molecule has 0 spiro atoms. The number of likely N-dealkylation sites (N-methyl/N-ethyl adjacent to an activating group) is 1. The number of rotatable bonds is 3. The van der Waals surface area contributed by atoms with Crippen molar-refractivity contribution in [3.8, 4) is 0 Å². The fourth-order valence-electron chi connectivity index (χ4n) is 2.24. The van der Waals surface area contributed by atoms with Gasteiger partial charge in [-0.15, -0.1) is 0 Å². The van der Waals surface area contributed by atoms with Crippen LogP contribution in [0.2, 0.25) is 0 Å². The molecule has 0 radical (unpaired) electrons. The first-order valence-corrected chi connectivity index (χ1v) is 5.77. The Morgan fingerprint density at radius 3 is 3.25 bits per heavy atom. The van der Waals surface area contributed by atoms with Crippen molar-refractivity contribution < 1.29 is 4.79 Å². The van der Waals surface area contributed by atoms with Gasteiger partial charge in [-0.1, -0.05) is 0 Å². The summed E-state index contributed by atoms with van der Waals surface area (Å²) in [6.07, 6.45) is 6.53. The average Bonchev–Trinajstić information content (AvgIpc) is 2.83. The van der Waals surface area contributed by atoms with Crippen LogP contribution in [0.5, 0.6) is 0 Å². The first-order chi connectivity index (χ1) is 7.83. The molecule has 1 aromatic rings. The SMILES string of the molecule is CNCC1CCCCN1C(=O)c1cnc[nH]1. The van der Waals surface area contributed by atoms with E-state index >= 15 is 0 Å². The Morgan fingerprint density at radius 2 is 2.56 bits per heavy atom. The van der Waals surface area contributed by atoms with Crippen molar-refractivity contribution in [1.29, 1.82) is 0 Å². The van der Waals surface area contributed by atoms with E-state index in [9.17, 15) is 4.79 Å². The van der Waals surface area contributed by atoms with Crippen LogP contribution in [0.1, 0.15) is 29.8 Å². The molecule has 0 aromatic carbocycles. The molecule has 1 unspecified atom stereocenters. The van der Waals surface area contributed by atoms with Crippen LogP contribution >= 0.6 is 0 Å². The smallest absolute Gasteiger partial charge is 0.272 e. The Hall–Kier alpha value is -1.36. The van der Waals surface area contributed by atoms with Gasteiger partial charge in [-0.05, 0) is 26.3 Å². The van der Waals surface area contributed by atoms with E-state index in [-0.39, 0.29) is 5.91 Å². The molecule has 0 saturated carbocycles. The number of hydrogen-bond donors (Lipinski definition) is 2. The van der Waals surface area contributed by atoms with Crippen molar-refractivity contribution in [2.45, 2.75) is 25.3 Å². The lowest BCUT2D eigenvalue weighted by Crippen LogP contribution is -2.48. The summed E-state index contributed by atoms with van der Waals surface area (Å²) < 4.78 is 0. The van der Waals surface area contributed by atoms with Gasteiger partial charge in [0.15, 0.2) is 0 Å². The quantitative estimate of drug-likeness (QED) is 0.788. The van der Waals surface area contributed by atoms with Crippen molar-refractivity contribution in [2.24, 2.45) is 0 Å². The molecular weight excluding hydrogens is 204 g/mol. The van der Waals surface area contributed by atoms with E-state index in [1.54, 1.807) is 12.5 Å². The summed E-state index contributed by atoms with van der Waals surface area (Å²) in [5.41, 5.74) is 0.586. The van der Waals surface area contributed by atoms with Crippen LogP contribution in [-0.2, 0) is 0 Å². The fourth-order valence-corrected chi connectivity index (χ4v) is 2.24. The minimum absolute atomic E-state index is 0.0671. The number of piperidine rings is 1. The monoisotopic (exact) mass is 222 g/mol. The van der Waals surface area contributed by atoms with E-state index in [0.717, 1.165) is 25.9 Å². The Balaban J connectivity index is 2.08. The van der Waals surface area contributed by atoms with Crippen LogP contribution in [0.15, 0.2) is 12.5 Å². The molecule has 16 heavy (non-hydrogen) atoms. The maximum atomic E-state index is 12.2. The van der Waals surface area contributed by atoms with Gasteiger partial charge in [0.05, 0.1) is 12.5 Å². The highest BCUT2D eigenvalue weighted by Crippen LogP contribution is 2.18. The second kappa shape index (κ2) is 5.12. The molecule has 0 aliphatic carbocycles. The van der Waals surface area contributed by atoms with Crippen LogP contribution in [0, 0.1) is 0 Å². The summed E-state index contributed by atoms with van der Waals surface area (Å²) in [6, 6.07) is 0.314. The zero-order chi connectivity index (χ0) is 11.4. The number of H-pyrrole nitrogens is 1. The predicted molar refractivity (Wildman–Crippen MR) is 61.2 cm³/mol. The van der Waals surface area contributed by atoms with Crippen LogP contribution < -0.4 is 5.32 Å². The minimum atomic E-state index is 0.0671. The van der Waals surface area contributed by atoms with E-state index < -0.39 is 0 Å². The maximum absolute atomic E-state index is 12.2. The zero-order valence-corrected chi connectivity index (χ0v) is 9.57. The molecule has 1 aliphatic rings. The number of imidazole rings is 1. The van der Waals surface area contributed by atoms with E-state index in [1.807, 2.05) is 11.9 Å². The molecule has 0 bridgehead atoms. The summed E-state index contributed by atoms with van der Waals surface area (Å²) >= 11 is 0. The highest BCUT2D eigenvalue weighted by atomic mass is 16.2. The molecule has 1 saturated heterocycles. The number of nitrogens with zero attached hydrogens (tertiary/aromatic N) is 2. The first kappa shape index (κ1) is 11.1. The molecule has 1 aliphatic heterocycles. The van der Waals surface area contributed by atoms with Gasteiger partial charge in [-0.25, -0.2) is 4.98 Å². The molecule has 1 aromatic heterocycles. The normalized spacial score (nSPS) is 21.1. The van der Waals surface area contributed by atoms with E-state index in [0.29, 0.717) is 11.7 Å². The molecule has 1 atom stereocenters. The van der Waals surface area contributed by atoms with E-state index in [1.165, 1.54) is 6.42 Å². The Morgan fingerprint density at radius 1 is 1.69 bits per heavy atom. The number of amides is 1. The van der Waals surface area contributed by atoms with Crippen molar-refractivity contribution in [3.63, 3.8) is 0 Å². The van der Waals surface area contributed by atoms with Gasteiger partial charge in [-0.3, -0.25) is 4.79 Å². The molecule has 5 nitrogen and oxygen atoms in total. The third kappa shape index (κ3) is 2.24. The largest absolute Gasteiger partial charge is 0.341 e. The highest BCUT2D eigenvalue weighted by molar-refractivity contribution is 5.92. The third-order valence-corrected chi connectivity index (χ3v) is 3.06. The second-order valence-corrected chi connectivity index (χ2v) is 4.17. The predicted octanol–water partition coefficient (Wildman–Crippen LogP) is 0.624. The molecular formula is C11H18N4O. The van der Waals surface area contributed by atoms with Crippen molar-refractivity contribution in [1.82, 2.24) is 20.2 Å². The maximum Gasteiger partial charge on any atom is 0.272 e. The molecule has 1 fully saturated rings. The Labute approximate surface area is 95.2 Å². The number of likely N-dealkylation sites (tertiary alicyclic amines) is 1. The average molecular weight is 222 g/mol. The second-order valence-electron chi connectivity index (χ2n) is 4.17. The molecule has 5 heteroatoms. The van der Waals surface area contributed by atoms with E-state index in [2.05, 4.69) is 15.3 Å². The molecule has 88 valence electrons. The molecule has 1 amide bonds. The number of aromatic nitrogens is 2. The molecule has 2 heterocycles. The Kier molecular flexibility index (Phi) is 3.56. The minimum Gasteiger partial charge on any atom is -0.341 e. The van der Waals surface area contributed by atoms with Gasteiger partial charge in [0.2, 0.25) is 0 Å².